The average Bonchev–Trinajstić information content (AvgIpc) is 2.76. The number of aliphatic hydroxyl groups is 1. The number of benzene rings is 3. The summed E-state index contributed by atoms with van der Waals surface area (Å²) < 4.78 is 0. The second-order valence-corrected chi connectivity index (χ2v) is 7.34. The van der Waals surface area contributed by atoms with Gasteiger partial charge in [-0.3, -0.25) is 4.90 Å². The number of aliphatic hydroxyl groups excluding tert-OH is 1. The Morgan fingerprint density at radius 3 is 1.59 bits per heavy atom. The molecular formula is C25H27NO. The zero-order valence-corrected chi connectivity index (χ0v) is 15.6. The first-order chi connectivity index (χ1) is 13.4. The normalized spacial score (nSPS) is 21.7. The van der Waals surface area contributed by atoms with E-state index in [2.05, 4.69) is 89.8 Å². The summed E-state index contributed by atoms with van der Waals surface area (Å²) in [6.45, 7) is 0.122. The molecule has 1 N–H and O–H groups in total. The summed E-state index contributed by atoms with van der Waals surface area (Å²) in [4.78, 5) is 2.56. The van der Waals surface area contributed by atoms with Crippen LogP contribution in [0.15, 0.2) is 91.0 Å². The molecule has 3 aromatic carbocycles. The molecule has 0 bridgehead atoms. The zero-order valence-electron chi connectivity index (χ0n) is 15.6. The van der Waals surface area contributed by atoms with Crippen molar-refractivity contribution in [2.24, 2.45) is 0 Å². The lowest BCUT2D eigenvalue weighted by Gasteiger charge is -2.47. The van der Waals surface area contributed by atoms with E-state index in [0.717, 1.165) is 12.8 Å². The van der Waals surface area contributed by atoms with Gasteiger partial charge in [-0.25, -0.2) is 0 Å². The van der Waals surface area contributed by atoms with E-state index in [1.807, 2.05) is 6.07 Å². The molecule has 0 amide bonds. The molecule has 27 heavy (non-hydrogen) atoms. The number of rotatable bonds is 5. The van der Waals surface area contributed by atoms with Crippen molar-refractivity contribution in [3.8, 4) is 0 Å². The molecule has 1 saturated heterocycles. The van der Waals surface area contributed by atoms with Crippen LogP contribution in [0.4, 0.5) is 0 Å². The van der Waals surface area contributed by atoms with E-state index >= 15 is 0 Å². The third-order valence-corrected chi connectivity index (χ3v) is 5.76. The molecule has 3 atom stereocenters. The predicted molar refractivity (Wildman–Crippen MR) is 110 cm³/mol. The molecule has 4 rings (SSSR count). The van der Waals surface area contributed by atoms with E-state index in [-0.39, 0.29) is 12.6 Å². The average molecular weight is 357 g/mol. The molecule has 0 aliphatic carbocycles. The molecule has 2 nitrogen and oxygen atoms in total. The largest absolute Gasteiger partial charge is 0.394 e. The second-order valence-electron chi connectivity index (χ2n) is 7.34. The fourth-order valence-electron chi connectivity index (χ4n) is 4.53. The summed E-state index contributed by atoms with van der Waals surface area (Å²) in [6.07, 6.45) is 3.44. The molecule has 138 valence electrons. The van der Waals surface area contributed by atoms with Gasteiger partial charge in [0.05, 0.1) is 12.6 Å². The summed E-state index contributed by atoms with van der Waals surface area (Å²) >= 11 is 0. The van der Waals surface area contributed by atoms with Crippen molar-refractivity contribution < 1.29 is 5.11 Å². The highest BCUT2D eigenvalue weighted by molar-refractivity contribution is 5.27. The van der Waals surface area contributed by atoms with Gasteiger partial charge < -0.3 is 5.11 Å². The van der Waals surface area contributed by atoms with Crippen LogP contribution in [0.2, 0.25) is 0 Å². The van der Waals surface area contributed by atoms with Crippen LogP contribution in [-0.4, -0.2) is 16.6 Å². The van der Waals surface area contributed by atoms with Gasteiger partial charge in [-0.05, 0) is 36.0 Å². The fraction of sp³-hybridized carbons (Fsp3) is 0.280. The Kier molecular flexibility index (Phi) is 5.66. The molecule has 1 heterocycles. The quantitative estimate of drug-likeness (QED) is 0.634. The SMILES string of the molecule is OC[C@@H](c1ccccc1)N1[C@@H](c2ccccc2)CCC[C@@H]1c1ccccc1. The van der Waals surface area contributed by atoms with Crippen molar-refractivity contribution in [2.75, 3.05) is 6.61 Å². The second kappa shape index (κ2) is 8.51. The third-order valence-electron chi connectivity index (χ3n) is 5.76. The van der Waals surface area contributed by atoms with Crippen molar-refractivity contribution >= 4 is 0 Å². The van der Waals surface area contributed by atoms with Crippen molar-refractivity contribution in [2.45, 2.75) is 37.4 Å². The number of hydrogen-bond acceptors (Lipinski definition) is 2. The van der Waals surface area contributed by atoms with Crippen molar-refractivity contribution in [3.05, 3.63) is 108 Å². The Balaban J connectivity index is 1.79. The molecule has 0 saturated carbocycles. The lowest BCUT2D eigenvalue weighted by Crippen LogP contribution is -2.40. The van der Waals surface area contributed by atoms with Crippen molar-refractivity contribution in [1.29, 1.82) is 0 Å². The highest BCUT2D eigenvalue weighted by atomic mass is 16.3. The zero-order chi connectivity index (χ0) is 18.5. The molecular weight excluding hydrogens is 330 g/mol. The number of likely N-dealkylation sites (tertiary alicyclic amines) is 1. The first kappa shape index (κ1) is 18.0. The molecule has 3 aromatic rings. The molecule has 1 fully saturated rings. The molecule has 1 aliphatic heterocycles. The minimum atomic E-state index is -0.0121. The lowest BCUT2D eigenvalue weighted by molar-refractivity contribution is 0.00791. The summed E-state index contributed by atoms with van der Waals surface area (Å²) in [5, 5.41) is 10.4. The van der Waals surface area contributed by atoms with Gasteiger partial charge in [-0.2, -0.15) is 0 Å². The van der Waals surface area contributed by atoms with Crippen LogP contribution in [0.3, 0.4) is 0 Å². The Bertz CT molecular complexity index is 714. The Morgan fingerprint density at radius 1 is 0.704 bits per heavy atom. The number of nitrogens with zero attached hydrogens (tertiary/aromatic N) is 1. The fourth-order valence-corrected chi connectivity index (χ4v) is 4.53. The van der Waals surface area contributed by atoms with Crippen LogP contribution in [0.1, 0.15) is 54.1 Å². The molecule has 0 unspecified atom stereocenters. The number of piperidine rings is 1. The highest BCUT2D eigenvalue weighted by Gasteiger charge is 2.37. The maximum atomic E-state index is 10.4. The van der Waals surface area contributed by atoms with E-state index in [4.69, 9.17) is 0 Å². The smallest absolute Gasteiger partial charge is 0.0629 e. The van der Waals surface area contributed by atoms with Gasteiger partial charge in [0.1, 0.15) is 0 Å². The Labute approximate surface area is 162 Å². The molecule has 0 spiro atoms. The Hall–Kier alpha value is -2.42. The number of hydrogen-bond donors (Lipinski definition) is 1. The van der Waals surface area contributed by atoms with E-state index in [1.165, 1.54) is 23.1 Å². The van der Waals surface area contributed by atoms with E-state index in [0.29, 0.717) is 12.1 Å². The van der Waals surface area contributed by atoms with Gasteiger partial charge in [0, 0.05) is 12.1 Å². The summed E-state index contributed by atoms with van der Waals surface area (Å²) in [5.74, 6) is 0. The van der Waals surface area contributed by atoms with Crippen LogP contribution < -0.4 is 0 Å². The van der Waals surface area contributed by atoms with Gasteiger partial charge in [0.2, 0.25) is 0 Å². The maximum absolute atomic E-state index is 10.4. The lowest BCUT2D eigenvalue weighted by atomic mass is 9.85. The summed E-state index contributed by atoms with van der Waals surface area (Å²) in [6, 6.07) is 32.6. The summed E-state index contributed by atoms with van der Waals surface area (Å²) in [7, 11) is 0. The van der Waals surface area contributed by atoms with Crippen LogP contribution >= 0.6 is 0 Å². The minimum Gasteiger partial charge on any atom is -0.394 e. The van der Waals surface area contributed by atoms with Gasteiger partial charge in [0.15, 0.2) is 0 Å². The Morgan fingerprint density at radius 2 is 1.15 bits per heavy atom. The van der Waals surface area contributed by atoms with Crippen LogP contribution in [-0.2, 0) is 0 Å². The standard InChI is InChI=1S/C25H27NO/c27-19-25(22-15-8-3-9-16-22)26-23(20-11-4-1-5-12-20)17-10-18-24(26)21-13-6-2-7-14-21/h1-9,11-16,23-25,27H,10,17-19H2/t23-,24-,25+/m1/s1. The topological polar surface area (TPSA) is 23.5 Å². The summed E-state index contributed by atoms with van der Waals surface area (Å²) in [5.41, 5.74) is 3.86. The van der Waals surface area contributed by atoms with Crippen molar-refractivity contribution in [1.82, 2.24) is 4.90 Å². The van der Waals surface area contributed by atoms with Crippen LogP contribution in [0.25, 0.3) is 0 Å². The highest BCUT2D eigenvalue weighted by Crippen LogP contribution is 2.46. The first-order valence-electron chi connectivity index (χ1n) is 9.91. The molecule has 0 radical (unpaired) electrons. The van der Waals surface area contributed by atoms with E-state index < -0.39 is 0 Å². The minimum absolute atomic E-state index is 0.0121. The van der Waals surface area contributed by atoms with Crippen molar-refractivity contribution in [3.63, 3.8) is 0 Å². The maximum Gasteiger partial charge on any atom is 0.0629 e. The van der Waals surface area contributed by atoms with Crippen LogP contribution in [0.5, 0.6) is 0 Å². The van der Waals surface area contributed by atoms with Gasteiger partial charge in [-0.15, -0.1) is 0 Å². The first-order valence-corrected chi connectivity index (χ1v) is 9.91. The van der Waals surface area contributed by atoms with Gasteiger partial charge in [0.25, 0.3) is 0 Å². The van der Waals surface area contributed by atoms with E-state index in [1.54, 1.807) is 0 Å². The monoisotopic (exact) mass is 357 g/mol. The molecule has 0 aromatic heterocycles. The third kappa shape index (κ3) is 3.83. The van der Waals surface area contributed by atoms with Crippen LogP contribution in [0, 0.1) is 0 Å². The van der Waals surface area contributed by atoms with Gasteiger partial charge >= 0.3 is 0 Å². The molecule has 2 heteroatoms. The predicted octanol–water partition coefficient (Wildman–Crippen LogP) is 5.69. The molecule has 1 aliphatic rings. The van der Waals surface area contributed by atoms with Gasteiger partial charge in [-0.1, -0.05) is 91.0 Å². The van der Waals surface area contributed by atoms with E-state index in [9.17, 15) is 5.11 Å².